The van der Waals surface area contributed by atoms with E-state index in [0.717, 1.165) is 22.5 Å². The molecule has 0 spiro atoms. The van der Waals surface area contributed by atoms with Gasteiger partial charge in [-0.05, 0) is 17.7 Å². The second-order valence-corrected chi connectivity index (χ2v) is 5.21. The van der Waals surface area contributed by atoms with Crippen molar-refractivity contribution in [1.82, 2.24) is 9.97 Å². The first-order chi connectivity index (χ1) is 11.3. The Morgan fingerprint density at radius 3 is 2.65 bits per heavy atom. The van der Waals surface area contributed by atoms with Gasteiger partial charge in [0.25, 0.3) is 0 Å². The van der Waals surface area contributed by atoms with Crippen LogP contribution in [0.2, 0.25) is 0 Å². The molecular formula is C18H19N3O2. The summed E-state index contributed by atoms with van der Waals surface area (Å²) in [4.78, 5) is 10.8. The number of hydrogen-bond acceptors (Lipinski definition) is 5. The number of ether oxygens (including phenoxy) is 1. The zero-order chi connectivity index (χ0) is 16.1. The Morgan fingerprint density at radius 2 is 1.91 bits per heavy atom. The zero-order valence-electron chi connectivity index (χ0n) is 13.0. The largest absolute Gasteiger partial charge is 0.497 e. The Balaban J connectivity index is 2.00. The van der Waals surface area contributed by atoms with Crippen LogP contribution in [0.4, 0.5) is 5.82 Å². The lowest BCUT2D eigenvalue weighted by molar-refractivity contribution is 0.301. The van der Waals surface area contributed by atoms with Crippen molar-refractivity contribution in [3.05, 3.63) is 60.4 Å². The molecule has 1 N–H and O–H groups in total. The summed E-state index contributed by atoms with van der Waals surface area (Å²) >= 11 is 0. The van der Waals surface area contributed by atoms with Crippen molar-refractivity contribution in [2.45, 2.75) is 6.54 Å². The number of benzene rings is 2. The number of anilines is 1. The van der Waals surface area contributed by atoms with Crippen molar-refractivity contribution in [1.29, 1.82) is 0 Å². The highest BCUT2D eigenvalue weighted by molar-refractivity contribution is 5.90. The molecule has 118 valence electrons. The fourth-order valence-corrected chi connectivity index (χ4v) is 2.59. The van der Waals surface area contributed by atoms with Gasteiger partial charge >= 0.3 is 0 Å². The quantitative estimate of drug-likeness (QED) is 0.758. The second-order valence-electron chi connectivity index (χ2n) is 5.21. The smallest absolute Gasteiger partial charge is 0.140 e. The maximum Gasteiger partial charge on any atom is 0.140 e. The van der Waals surface area contributed by atoms with E-state index in [9.17, 15) is 5.11 Å². The number of fused-ring (bicyclic) bond motifs is 1. The van der Waals surface area contributed by atoms with E-state index in [4.69, 9.17) is 4.74 Å². The molecule has 3 aromatic rings. The van der Waals surface area contributed by atoms with Crippen LogP contribution >= 0.6 is 0 Å². The molecule has 5 heteroatoms. The highest BCUT2D eigenvalue weighted by atomic mass is 16.5. The third-order valence-electron chi connectivity index (χ3n) is 3.71. The molecular weight excluding hydrogens is 290 g/mol. The average molecular weight is 309 g/mol. The topological polar surface area (TPSA) is 58.5 Å². The highest BCUT2D eigenvalue weighted by Gasteiger charge is 2.13. The molecule has 0 radical (unpaired) electrons. The van der Waals surface area contributed by atoms with Crippen molar-refractivity contribution in [3.8, 4) is 5.75 Å². The molecule has 1 heterocycles. The van der Waals surface area contributed by atoms with Gasteiger partial charge in [-0.2, -0.15) is 0 Å². The van der Waals surface area contributed by atoms with Gasteiger partial charge in [-0.3, -0.25) is 0 Å². The molecule has 0 amide bonds. The molecule has 1 aromatic heterocycles. The summed E-state index contributed by atoms with van der Waals surface area (Å²) in [5, 5.41) is 10.4. The molecule has 0 aliphatic carbocycles. The van der Waals surface area contributed by atoms with E-state index >= 15 is 0 Å². The van der Waals surface area contributed by atoms with E-state index in [-0.39, 0.29) is 6.61 Å². The summed E-state index contributed by atoms with van der Waals surface area (Å²) < 4.78 is 5.25. The van der Waals surface area contributed by atoms with E-state index in [1.54, 1.807) is 13.4 Å². The van der Waals surface area contributed by atoms with Gasteiger partial charge in [-0.25, -0.2) is 9.97 Å². The van der Waals surface area contributed by atoms with Crippen LogP contribution in [0.3, 0.4) is 0 Å². The van der Waals surface area contributed by atoms with Gasteiger partial charge in [0.1, 0.15) is 17.9 Å². The lowest BCUT2D eigenvalue weighted by atomic mass is 10.2. The van der Waals surface area contributed by atoms with Gasteiger partial charge in [0.2, 0.25) is 0 Å². The Kier molecular flexibility index (Phi) is 4.68. The van der Waals surface area contributed by atoms with E-state index in [1.807, 2.05) is 36.4 Å². The van der Waals surface area contributed by atoms with Gasteiger partial charge < -0.3 is 14.7 Å². The molecule has 0 bridgehead atoms. The zero-order valence-corrected chi connectivity index (χ0v) is 13.0. The van der Waals surface area contributed by atoms with E-state index < -0.39 is 0 Å². The van der Waals surface area contributed by atoms with Gasteiger partial charge in [-0.15, -0.1) is 0 Å². The molecule has 0 fully saturated rings. The molecule has 0 aliphatic rings. The number of nitrogens with zero attached hydrogens (tertiary/aromatic N) is 3. The van der Waals surface area contributed by atoms with Crippen LogP contribution in [0, 0.1) is 0 Å². The lowest BCUT2D eigenvalue weighted by Crippen LogP contribution is -2.27. The number of rotatable bonds is 6. The van der Waals surface area contributed by atoms with E-state index in [0.29, 0.717) is 13.1 Å². The predicted octanol–water partition coefficient (Wildman–Crippen LogP) is 2.64. The molecule has 0 aliphatic heterocycles. The Morgan fingerprint density at radius 1 is 1.09 bits per heavy atom. The molecule has 0 unspecified atom stereocenters. The predicted molar refractivity (Wildman–Crippen MR) is 90.7 cm³/mol. The number of aromatic nitrogens is 2. The SMILES string of the molecule is COc1ccc2c(N(CCO)Cc3ccccc3)ncnc2c1. The average Bonchev–Trinajstić information content (AvgIpc) is 2.61. The monoisotopic (exact) mass is 309 g/mol. The fraction of sp³-hybridized carbons (Fsp3) is 0.222. The first kappa shape index (κ1) is 15.2. The normalized spacial score (nSPS) is 10.7. The van der Waals surface area contributed by atoms with E-state index in [2.05, 4.69) is 27.0 Å². The Bertz CT molecular complexity index is 778. The second kappa shape index (κ2) is 7.07. The van der Waals surface area contributed by atoms with Crippen LogP contribution in [0.25, 0.3) is 10.9 Å². The summed E-state index contributed by atoms with van der Waals surface area (Å²) in [7, 11) is 1.64. The summed E-state index contributed by atoms with van der Waals surface area (Å²) in [6.45, 7) is 1.25. The Hall–Kier alpha value is -2.66. The molecule has 0 saturated heterocycles. The molecule has 23 heavy (non-hydrogen) atoms. The highest BCUT2D eigenvalue weighted by Crippen LogP contribution is 2.27. The molecule has 2 aromatic carbocycles. The van der Waals surface area contributed by atoms with Crippen LogP contribution < -0.4 is 9.64 Å². The van der Waals surface area contributed by atoms with Crippen molar-refractivity contribution in [3.63, 3.8) is 0 Å². The molecule has 0 saturated carbocycles. The molecule has 0 atom stereocenters. The molecule has 3 rings (SSSR count). The van der Waals surface area contributed by atoms with Crippen LogP contribution in [0.15, 0.2) is 54.9 Å². The maximum absolute atomic E-state index is 9.43. The van der Waals surface area contributed by atoms with Gasteiger partial charge in [0.05, 0.1) is 19.2 Å². The van der Waals surface area contributed by atoms with Gasteiger partial charge in [0, 0.05) is 24.5 Å². The summed E-state index contributed by atoms with van der Waals surface area (Å²) in [5.74, 6) is 1.58. The van der Waals surface area contributed by atoms with Crippen LogP contribution in [-0.2, 0) is 6.54 Å². The number of aliphatic hydroxyl groups excluding tert-OH is 1. The van der Waals surface area contributed by atoms with E-state index in [1.165, 1.54) is 5.56 Å². The minimum absolute atomic E-state index is 0.0640. The minimum Gasteiger partial charge on any atom is -0.497 e. The van der Waals surface area contributed by atoms with Crippen LogP contribution in [0.5, 0.6) is 5.75 Å². The minimum atomic E-state index is 0.0640. The summed E-state index contributed by atoms with van der Waals surface area (Å²) in [6.07, 6.45) is 1.55. The summed E-state index contributed by atoms with van der Waals surface area (Å²) in [5.41, 5.74) is 1.99. The van der Waals surface area contributed by atoms with Crippen molar-refractivity contribution < 1.29 is 9.84 Å². The Labute approximate surface area is 135 Å². The standard InChI is InChI=1S/C18H19N3O2/c1-23-15-7-8-16-17(11-15)19-13-20-18(16)21(9-10-22)12-14-5-3-2-4-6-14/h2-8,11,13,22H,9-10,12H2,1H3. The van der Waals surface area contributed by atoms with Crippen molar-refractivity contribution in [2.24, 2.45) is 0 Å². The van der Waals surface area contributed by atoms with Crippen LogP contribution in [0.1, 0.15) is 5.56 Å². The molecule has 5 nitrogen and oxygen atoms in total. The number of methoxy groups -OCH3 is 1. The van der Waals surface area contributed by atoms with Crippen LogP contribution in [-0.4, -0.2) is 35.3 Å². The number of aliphatic hydroxyl groups is 1. The fourth-order valence-electron chi connectivity index (χ4n) is 2.59. The van der Waals surface area contributed by atoms with Crippen molar-refractivity contribution >= 4 is 16.7 Å². The lowest BCUT2D eigenvalue weighted by Gasteiger charge is -2.24. The first-order valence-electron chi connectivity index (χ1n) is 7.50. The summed E-state index contributed by atoms with van der Waals surface area (Å²) in [6, 6.07) is 15.9. The third-order valence-corrected chi connectivity index (χ3v) is 3.71. The van der Waals surface area contributed by atoms with Gasteiger partial charge in [-0.1, -0.05) is 30.3 Å². The maximum atomic E-state index is 9.43. The number of hydrogen-bond donors (Lipinski definition) is 1. The first-order valence-corrected chi connectivity index (χ1v) is 7.50. The van der Waals surface area contributed by atoms with Crippen molar-refractivity contribution in [2.75, 3.05) is 25.2 Å². The van der Waals surface area contributed by atoms with Gasteiger partial charge in [0.15, 0.2) is 0 Å². The third kappa shape index (κ3) is 3.40.